The number of morpholine rings is 1. The fourth-order valence-electron chi connectivity index (χ4n) is 2.61. The zero-order valence-corrected chi connectivity index (χ0v) is 14.4. The van der Waals surface area contributed by atoms with Crippen LogP contribution < -0.4 is 5.32 Å². The van der Waals surface area contributed by atoms with E-state index in [4.69, 9.17) is 9.26 Å². The van der Waals surface area contributed by atoms with Crippen LogP contribution in [0.15, 0.2) is 22.0 Å². The lowest BCUT2D eigenvalue weighted by atomic mass is 10.2. The van der Waals surface area contributed by atoms with E-state index in [1.807, 2.05) is 24.4 Å². The smallest absolute Gasteiger partial charge is 0.314 e. The Bertz CT molecular complexity index is 726. The number of hydrogen-bond acceptors (Lipinski definition) is 6. The second-order valence-corrected chi connectivity index (χ2v) is 6.48. The van der Waals surface area contributed by atoms with Gasteiger partial charge >= 0.3 is 11.8 Å². The highest BCUT2D eigenvalue weighted by Gasteiger charge is 2.30. The quantitative estimate of drug-likeness (QED) is 0.858. The lowest BCUT2D eigenvalue weighted by Crippen LogP contribution is -2.46. The van der Waals surface area contributed by atoms with Gasteiger partial charge in [-0.3, -0.25) is 9.59 Å². The Morgan fingerprint density at radius 2 is 2.33 bits per heavy atom. The molecule has 8 heteroatoms. The number of thiophene rings is 1. The SMILES string of the molecule is CCc1onc(C)c1NC(=O)C(=O)N1CCO[C@H](c2cccs2)C1. The van der Waals surface area contributed by atoms with Gasteiger partial charge in [-0.1, -0.05) is 18.1 Å². The van der Waals surface area contributed by atoms with E-state index < -0.39 is 11.8 Å². The van der Waals surface area contributed by atoms with E-state index in [1.165, 1.54) is 4.90 Å². The molecule has 0 saturated carbocycles. The number of carbonyl (C=O) groups is 2. The summed E-state index contributed by atoms with van der Waals surface area (Å²) in [5.41, 5.74) is 1.05. The van der Waals surface area contributed by atoms with Gasteiger partial charge in [0.25, 0.3) is 0 Å². The highest BCUT2D eigenvalue weighted by molar-refractivity contribution is 7.10. The van der Waals surface area contributed by atoms with Crippen LogP contribution in [0.4, 0.5) is 5.69 Å². The third kappa shape index (κ3) is 3.34. The number of aromatic nitrogens is 1. The Labute approximate surface area is 143 Å². The molecule has 128 valence electrons. The first-order valence-corrected chi connectivity index (χ1v) is 8.68. The van der Waals surface area contributed by atoms with Crippen molar-refractivity contribution >= 4 is 28.8 Å². The van der Waals surface area contributed by atoms with Gasteiger partial charge in [-0.05, 0) is 18.4 Å². The lowest BCUT2D eigenvalue weighted by Gasteiger charge is -2.32. The zero-order valence-electron chi connectivity index (χ0n) is 13.6. The lowest BCUT2D eigenvalue weighted by molar-refractivity contribution is -0.148. The predicted molar refractivity (Wildman–Crippen MR) is 88.8 cm³/mol. The van der Waals surface area contributed by atoms with Crippen molar-refractivity contribution < 1.29 is 18.8 Å². The van der Waals surface area contributed by atoms with E-state index >= 15 is 0 Å². The molecule has 24 heavy (non-hydrogen) atoms. The molecule has 2 aromatic rings. The van der Waals surface area contributed by atoms with Gasteiger partial charge in [0.2, 0.25) is 0 Å². The van der Waals surface area contributed by atoms with Gasteiger partial charge in [0.15, 0.2) is 5.76 Å². The highest BCUT2D eigenvalue weighted by atomic mass is 32.1. The van der Waals surface area contributed by atoms with Crippen LogP contribution in [-0.2, 0) is 20.7 Å². The number of aryl methyl sites for hydroxylation is 2. The van der Waals surface area contributed by atoms with Crippen LogP contribution in [0, 0.1) is 6.92 Å². The molecule has 1 N–H and O–H groups in total. The van der Waals surface area contributed by atoms with Gasteiger partial charge < -0.3 is 19.5 Å². The first-order valence-electron chi connectivity index (χ1n) is 7.80. The number of ether oxygens (including phenoxy) is 1. The van der Waals surface area contributed by atoms with Crippen LogP contribution in [0.1, 0.15) is 29.4 Å². The number of nitrogens with zero attached hydrogens (tertiary/aromatic N) is 2. The molecule has 0 aliphatic carbocycles. The maximum absolute atomic E-state index is 12.5. The molecule has 3 rings (SSSR count). The average Bonchev–Trinajstić information content (AvgIpc) is 3.25. The first kappa shape index (κ1) is 16.7. The Hall–Kier alpha value is -2.19. The van der Waals surface area contributed by atoms with Gasteiger partial charge in [-0.15, -0.1) is 11.3 Å². The van der Waals surface area contributed by atoms with Crippen molar-refractivity contribution in [3.05, 3.63) is 33.8 Å². The van der Waals surface area contributed by atoms with Crippen molar-refractivity contribution in [2.24, 2.45) is 0 Å². The summed E-state index contributed by atoms with van der Waals surface area (Å²) in [5.74, 6) is -0.683. The fraction of sp³-hybridized carbons (Fsp3) is 0.438. The second-order valence-electron chi connectivity index (χ2n) is 5.50. The van der Waals surface area contributed by atoms with Crippen molar-refractivity contribution in [1.82, 2.24) is 10.1 Å². The normalized spacial score (nSPS) is 17.8. The van der Waals surface area contributed by atoms with Crippen molar-refractivity contribution in [3.8, 4) is 0 Å². The highest BCUT2D eigenvalue weighted by Crippen LogP contribution is 2.26. The summed E-state index contributed by atoms with van der Waals surface area (Å²) in [5, 5.41) is 8.42. The maximum Gasteiger partial charge on any atom is 0.314 e. The summed E-state index contributed by atoms with van der Waals surface area (Å²) in [6.45, 7) is 4.80. The molecule has 1 saturated heterocycles. The first-order chi connectivity index (χ1) is 11.6. The topological polar surface area (TPSA) is 84.7 Å². The molecule has 1 atom stereocenters. The molecule has 1 aliphatic rings. The standard InChI is InChI=1S/C16H19N3O4S/c1-3-11-14(10(2)18-23-11)17-15(20)16(21)19-6-7-22-12(9-19)13-5-4-8-24-13/h4-5,8,12H,3,6-7,9H2,1-2H3,(H,17,20)/t12-/m0/s1. The van der Waals surface area contributed by atoms with Gasteiger partial charge in [0.1, 0.15) is 17.5 Å². The van der Waals surface area contributed by atoms with Gasteiger partial charge in [0.05, 0.1) is 13.2 Å². The molecule has 1 fully saturated rings. The Kier molecular flexibility index (Phi) is 4.96. The van der Waals surface area contributed by atoms with Crippen molar-refractivity contribution in [3.63, 3.8) is 0 Å². The van der Waals surface area contributed by atoms with Crippen molar-refractivity contribution in [1.29, 1.82) is 0 Å². The van der Waals surface area contributed by atoms with Gasteiger partial charge in [-0.2, -0.15) is 0 Å². The van der Waals surface area contributed by atoms with E-state index in [-0.39, 0.29) is 6.10 Å². The summed E-state index contributed by atoms with van der Waals surface area (Å²) in [6.07, 6.45) is 0.405. The number of anilines is 1. The minimum absolute atomic E-state index is 0.181. The molecule has 3 heterocycles. The monoisotopic (exact) mass is 349 g/mol. The van der Waals surface area contributed by atoms with E-state index in [0.717, 1.165) is 4.88 Å². The van der Waals surface area contributed by atoms with Crippen LogP contribution in [0.5, 0.6) is 0 Å². The predicted octanol–water partition coefficient (Wildman–Crippen LogP) is 2.15. The molecule has 2 aromatic heterocycles. The molecular weight excluding hydrogens is 330 g/mol. The van der Waals surface area contributed by atoms with E-state index in [2.05, 4.69) is 10.5 Å². The molecule has 7 nitrogen and oxygen atoms in total. The Morgan fingerprint density at radius 3 is 3.04 bits per heavy atom. The molecule has 0 aromatic carbocycles. The molecule has 0 spiro atoms. The van der Waals surface area contributed by atoms with Crippen LogP contribution in [0.3, 0.4) is 0 Å². The third-order valence-electron chi connectivity index (χ3n) is 3.90. The van der Waals surface area contributed by atoms with Crippen molar-refractivity contribution in [2.75, 3.05) is 25.0 Å². The Balaban J connectivity index is 1.67. The van der Waals surface area contributed by atoms with Crippen molar-refractivity contribution in [2.45, 2.75) is 26.4 Å². The number of rotatable bonds is 3. The summed E-state index contributed by atoms with van der Waals surface area (Å²) in [6, 6.07) is 3.91. The Morgan fingerprint density at radius 1 is 1.50 bits per heavy atom. The van der Waals surface area contributed by atoms with Crippen LogP contribution in [0.2, 0.25) is 0 Å². The third-order valence-corrected chi connectivity index (χ3v) is 4.87. The molecule has 2 amide bonds. The number of amides is 2. The molecule has 0 unspecified atom stereocenters. The minimum atomic E-state index is -0.678. The average molecular weight is 349 g/mol. The zero-order chi connectivity index (χ0) is 17.1. The molecule has 1 aliphatic heterocycles. The summed E-state index contributed by atoms with van der Waals surface area (Å²) in [7, 11) is 0. The van der Waals surface area contributed by atoms with E-state index in [9.17, 15) is 9.59 Å². The van der Waals surface area contributed by atoms with Crippen LogP contribution in [-0.4, -0.2) is 41.6 Å². The number of nitrogens with one attached hydrogen (secondary N) is 1. The van der Waals surface area contributed by atoms with Crippen LogP contribution in [0.25, 0.3) is 0 Å². The fourth-order valence-corrected chi connectivity index (χ4v) is 3.37. The second kappa shape index (κ2) is 7.14. The van der Waals surface area contributed by atoms with E-state index in [1.54, 1.807) is 18.3 Å². The van der Waals surface area contributed by atoms with Gasteiger partial charge in [-0.25, -0.2) is 0 Å². The largest absolute Gasteiger partial charge is 0.369 e. The van der Waals surface area contributed by atoms with Crippen LogP contribution >= 0.6 is 11.3 Å². The maximum atomic E-state index is 12.5. The molecule has 0 bridgehead atoms. The van der Waals surface area contributed by atoms with Gasteiger partial charge in [0, 0.05) is 17.8 Å². The number of carbonyl (C=O) groups excluding carboxylic acids is 2. The summed E-state index contributed by atoms with van der Waals surface area (Å²) in [4.78, 5) is 27.4. The number of hydrogen-bond donors (Lipinski definition) is 1. The molecule has 0 radical (unpaired) electrons. The summed E-state index contributed by atoms with van der Waals surface area (Å²) >= 11 is 1.58. The van der Waals surface area contributed by atoms with E-state index in [0.29, 0.717) is 43.3 Å². The minimum Gasteiger partial charge on any atom is -0.369 e. The molecular formula is C16H19N3O4S. The summed E-state index contributed by atoms with van der Waals surface area (Å²) < 4.78 is 10.8.